The van der Waals surface area contributed by atoms with E-state index in [9.17, 15) is 4.79 Å². The molecule has 0 radical (unpaired) electrons. The number of hydrogen-bond acceptors (Lipinski definition) is 4. The number of fused-ring (bicyclic) bond motifs is 3. The maximum Gasteiger partial charge on any atom is 0.224 e. The van der Waals surface area contributed by atoms with Gasteiger partial charge in [0.2, 0.25) is 5.91 Å². The van der Waals surface area contributed by atoms with Crippen molar-refractivity contribution in [1.82, 2.24) is 5.32 Å². The van der Waals surface area contributed by atoms with Gasteiger partial charge < -0.3 is 19.2 Å². The third-order valence-corrected chi connectivity index (χ3v) is 5.31. The first-order valence-corrected chi connectivity index (χ1v) is 9.43. The number of nitrogens with one attached hydrogen (secondary N) is 1. The Balaban J connectivity index is 1.22. The molecule has 1 N–H and O–H groups in total. The number of aryl methyl sites for hydroxylation is 2. The Morgan fingerprint density at radius 1 is 1.11 bits per heavy atom. The molecule has 2 heterocycles. The third-order valence-electron chi connectivity index (χ3n) is 5.31. The molecule has 1 aliphatic carbocycles. The van der Waals surface area contributed by atoms with E-state index in [0.717, 1.165) is 40.9 Å². The van der Waals surface area contributed by atoms with E-state index in [1.54, 1.807) is 6.26 Å². The Kier molecular flexibility index (Phi) is 4.00. The van der Waals surface area contributed by atoms with Crippen LogP contribution in [0.25, 0.3) is 11.0 Å². The normalized spacial score (nSPS) is 17.7. The molecular weight excluding hydrogens is 342 g/mol. The van der Waals surface area contributed by atoms with Crippen molar-refractivity contribution in [2.24, 2.45) is 0 Å². The zero-order valence-electron chi connectivity index (χ0n) is 15.0. The molecule has 1 aliphatic heterocycles. The maximum absolute atomic E-state index is 12.4. The third kappa shape index (κ3) is 3.14. The van der Waals surface area contributed by atoms with Crippen LogP contribution in [0.1, 0.15) is 23.1 Å². The average molecular weight is 363 g/mol. The minimum absolute atomic E-state index is 0.0411. The van der Waals surface area contributed by atoms with E-state index in [0.29, 0.717) is 19.6 Å². The molecule has 3 aromatic rings. The number of rotatable bonds is 4. The van der Waals surface area contributed by atoms with E-state index in [4.69, 9.17) is 13.9 Å². The van der Waals surface area contributed by atoms with E-state index in [2.05, 4.69) is 17.4 Å². The summed E-state index contributed by atoms with van der Waals surface area (Å²) >= 11 is 0. The lowest BCUT2D eigenvalue weighted by Crippen LogP contribution is -2.41. The van der Waals surface area contributed by atoms with Gasteiger partial charge in [0.15, 0.2) is 11.5 Å². The summed E-state index contributed by atoms with van der Waals surface area (Å²) in [7, 11) is 0. The molecule has 138 valence electrons. The summed E-state index contributed by atoms with van der Waals surface area (Å²) in [5.41, 5.74) is 4.57. The molecule has 1 amide bonds. The number of benzene rings is 2. The van der Waals surface area contributed by atoms with E-state index in [-0.39, 0.29) is 12.0 Å². The molecule has 1 unspecified atom stereocenters. The molecule has 27 heavy (non-hydrogen) atoms. The van der Waals surface area contributed by atoms with Crippen molar-refractivity contribution >= 4 is 16.9 Å². The van der Waals surface area contributed by atoms with Crippen molar-refractivity contribution in [3.05, 3.63) is 59.4 Å². The zero-order valence-corrected chi connectivity index (χ0v) is 15.0. The van der Waals surface area contributed by atoms with Gasteiger partial charge in [-0.25, -0.2) is 0 Å². The highest BCUT2D eigenvalue weighted by Gasteiger charge is 2.22. The van der Waals surface area contributed by atoms with Crippen LogP contribution in [0.4, 0.5) is 0 Å². The fourth-order valence-electron chi connectivity index (χ4n) is 3.91. The van der Waals surface area contributed by atoms with Gasteiger partial charge in [0.05, 0.1) is 19.2 Å². The fourth-order valence-corrected chi connectivity index (χ4v) is 3.91. The number of ether oxygens (including phenoxy) is 2. The largest absolute Gasteiger partial charge is 0.486 e. The average Bonchev–Trinajstić information content (AvgIpc) is 3.31. The lowest BCUT2D eigenvalue weighted by molar-refractivity contribution is -0.120. The van der Waals surface area contributed by atoms with Gasteiger partial charge >= 0.3 is 0 Å². The smallest absolute Gasteiger partial charge is 0.224 e. The Labute approximate surface area is 157 Å². The standard InChI is InChI=1S/C22H21NO4/c24-22(23-11-17-13-26-19-6-1-2-7-20(19)27-17)10-16-12-25-21-9-15-5-3-4-14(15)8-18(16)21/h1-2,6-9,12,17H,3-5,10-11,13H2,(H,23,24). The molecule has 0 spiro atoms. The number of amides is 1. The van der Waals surface area contributed by atoms with Crippen LogP contribution in [-0.4, -0.2) is 25.2 Å². The van der Waals surface area contributed by atoms with E-state index >= 15 is 0 Å². The maximum atomic E-state index is 12.4. The first-order valence-electron chi connectivity index (χ1n) is 9.43. The van der Waals surface area contributed by atoms with Crippen molar-refractivity contribution in [2.75, 3.05) is 13.2 Å². The lowest BCUT2D eigenvalue weighted by Gasteiger charge is -2.26. The minimum atomic E-state index is -0.187. The molecule has 0 bridgehead atoms. The number of carbonyl (C=O) groups is 1. The van der Waals surface area contributed by atoms with Crippen molar-refractivity contribution in [3.63, 3.8) is 0 Å². The summed E-state index contributed by atoms with van der Waals surface area (Å²) in [5.74, 6) is 1.43. The number of furan rings is 1. The zero-order chi connectivity index (χ0) is 18.2. The monoisotopic (exact) mass is 363 g/mol. The molecule has 5 heteroatoms. The van der Waals surface area contributed by atoms with Crippen LogP contribution in [-0.2, 0) is 24.1 Å². The molecular formula is C22H21NO4. The number of carbonyl (C=O) groups excluding carboxylic acids is 1. The van der Waals surface area contributed by atoms with Gasteiger partial charge in [-0.3, -0.25) is 4.79 Å². The van der Waals surface area contributed by atoms with Gasteiger partial charge in [-0.15, -0.1) is 0 Å². The van der Waals surface area contributed by atoms with Crippen LogP contribution in [0.3, 0.4) is 0 Å². The highest BCUT2D eigenvalue weighted by atomic mass is 16.6. The van der Waals surface area contributed by atoms with Crippen LogP contribution < -0.4 is 14.8 Å². The molecule has 2 aromatic carbocycles. The first-order chi connectivity index (χ1) is 13.3. The van der Waals surface area contributed by atoms with Crippen molar-refractivity contribution in [3.8, 4) is 11.5 Å². The number of para-hydroxylation sites is 2. The van der Waals surface area contributed by atoms with Gasteiger partial charge in [0.1, 0.15) is 18.3 Å². The quantitative estimate of drug-likeness (QED) is 0.772. The second-order valence-corrected chi connectivity index (χ2v) is 7.21. The van der Waals surface area contributed by atoms with Gasteiger partial charge in [-0.1, -0.05) is 12.1 Å². The topological polar surface area (TPSA) is 60.7 Å². The Morgan fingerprint density at radius 3 is 2.81 bits per heavy atom. The minimum Gasteiger partial charge on any atom is -0.486 e. The van der Waals surface area contributed by atoms with E-state index in [1.165, 1.54) is 17.5 Å². The van der Waals surface area contributed by atoms with Crippen LogP contribution in [0, 0.1) is 0 Å². The summed E-state index contributed by atoms with van der Waals surface area (Å²) in [6, 6.07) is 11.9. The van der Waals surface area contributed by atoms with Crippen LogP contribution >= 0.6 is 0 Å². The molecule has 2 aliphatic rings. The predicted molar refractivity (Wildman–Crippen MR) is 101 cm³/mol. The Hall–Kier alpha value is -2.95. The fraction of sp³-hybridized carbons (Fsp3) is 0.318. The van der Waals surface area contributed by atoms with Gasteiger partial charge in [-0.05, 0) is 54.7 Å². The summed E-state index contributed by atoms with van der Waals surface area (Å²) in [6.07, 6.45) is 5.25. The molecule has 1 atom stereocenters. The van der Waals surface area contributed by atoms with Gasteiger partial charge in [0, 0.05) is 10.9 Å². The lowest BCUT2D eigenvalue weighted by atomic mass is 10.0. The Bertz CT molecular complexity index is 1010. The first kappa shape index (κ1) is 16.2. The SMILES string of the molecule is O=C(Cc1coc2cc3c(cc12)CCC3)NCC1COc2ccccc2O1. The second kappa shape index (κ2) is 6.65. The molecule has 0 fully saturated rings. The predicted octanol–water partition coefficient (Wildman–Crippen LogP) is 3.42. The highest BCUT2D eigenvalue weighted by molar-refractivity contribution is 5.88. The Morgan fingerprint density at radius 2 is 1.93 bits per heavy atom. The summed E-state index contributed by atoms with van der Waals surface area (Å²) in [4.78, 5) is 12.4. The van der Waals surface area contributed by atoms with Crippen molar-refractivity contribution in [1.29, 1.82) is 0 Å². The van der Waals surface area contributed by atoms with Gasteiger partial charge in [-0.2, -0.15) is 0 Å². The second-order valence-electron chi connectivity index (χ2n) is 7.21. The van der Waals surface area contributed by atoms with Crippen LogP contribution in [0.15, 0.2) is 47.1 Å². The summed E-state index contributed by atoms with van der Waals surface area (Å²) in [6.45, 7) is 0.844. The number of hydrogen-bond donors (Lipinski definition) is 1. The molecule has 0 saturated carbocycles. The highest BCUT2D eigenvalue weighted by Crippen LogP contribution is 2.31. The molecule has 1 aromatic heterocycles. The molecule has 0 saturated heterocycles. The molecule has 5 nitrogen and oxygen atoms in total. The summed E-state index contributed by atoms with van der Waals surface area (Å²) < 4.78 is 17.2. The van der Waals surface area contributed by atoms with Crippen molar-refractivity contribution in [2.45, 2.75) is 31.8 Å². The van der Waals surface area contributed by atoms with Crippen molar-refractivity contribution < 1.29 is 18.7 Å². The summed E-state index contributed by atoms with van der Waals surface area (Å²) in [5, 5.41) is 4.01. The van der Waals surface area contributed by atoms with Gasteiger partial charge in [0.25, 0.3) is 0 Å². The molecule has 5 rings (SSSR count). The van der Waals surface area contributed by atoms with E-state index in [1.807, 2.05) is 24.3 Å². The van der Waals surface area contributed by atoms with Crippen LogP contribution in [0.2, 0.25) is 0 Å². The van der Waals surface area contributed by atoms with E-state index < -0.39 is 0 Å². The van der Waals surface area contributed by atoms with Crippen LogP contribution in [0.5, 0.6) is 11.5 Å².